The first-order chi connectivity index (χ1) is 10.6. The van der Waals surface area contributed by atoms with E-state index in [9.17, 15) is 0 Å². The molecule has 0 saturated carbocycles. The summed E-state index contributed by atoms with van der Waals surface area (Å²) in [7, 11) is 0. The van der Waals surface area contributed by atoms with Gasteiger partial charge >= 0.3 is 0 Å². The number of rotatable bonds is 3. The maximum Gasteiger partial charge on any atom is 0.171 e. The lowest BCUT2D eigenvalue weighted by atomic mass is 10.1. The SMILES string of the molecule is Cc1ccc(C)c(NC(=S)NCc2nc3ccccc3[nH]2)c1. The van der Waals surface area contributed by atoms with E-state index in [2.05, 4.69) is 52.6 Å². The van der Waals surface area contributed by atoms with Crippen LogP contribution in [0.5, 0.6) is 0 Å². The quantitative estimate of drug-likeness (QED) is 0.646. The van der Waals surface area contributed by atoms with E-state index < -0.39 is 0 Å². The molecule has 0 amide bonds. The fraction of sp³-hybridized carbons (Fsp3) is 0.176. The molecule has 0 spiro atoms. The van der Waals surface area contributed by atoms with Gasteiger partial charge in [-0.05, 0) is 55.4 Å². The molecule has 0 aliphatic heterocycles. The van der Waals surface area contributed by atoms with Crippen LogP contribution in [0.2, 0.25) is 0 Å². The van der Waals surface area contributed by atoms with E-state index in [0.717, 1.165) is 22.5 Å². The largest absolute Gasteiger partial charge is 0.355 e. The first kappa shape index (κ1) is 14.5. The van der Waals surface area contributed by atoms with Crippen LogP contribution in [0.25, 0.3) is 11.0 Å². The molecule has 0 radical (unpaired) electrons. The van der Waals surface area contributed by atoms with Gasteiger partial charge in [-0.2, -0.15) is 0 Å². The third-order valence-electron chi connectivity index (χ3n) is 3.50. The minimum Gasteiger partial charge on any atom is -0.355 e. The smallest absolute Gasteiger partial charge is 0.171 e. The fourth-order valence-corrected chi connectivity index (χ4v) is 2.47. The van der Waals surface area contributed by atoms with Gasteiger partial charge in [0, 0.05) is 5.69 Å². The van der Waals surface area contributed by atoms with Crippen molar-refractivity contribution in [1.29, 1.82) is 0 Å². The number of thiocarbonyl (C=S) groups is 1. The molecule has 0 atom stereocenters. The van der Waals surface area contributed by atoms with Crippen molar-refractivity contribution in [2.24, 2.45) is 0 Å². The van der Waals surface area contributed by atoms with Crippen molar-refractivity contribution in [3.05, 3.63) is 59.4 Å². The van der Waals surface area contributed by atoms with Crippen molar-refractivity contribution in [3.63, 3.8) is 0 Å². The van der Waals surface area contributed by atoms with Gasteiger partial charge in [-0.3, -0.25) is 0 Å². The number of fused-ring (bicyclic) bond motifs is 1. The Morgan fingerprint density at radius 3 is 2.82 bits per heavy atom. The molecule has 3 rings (SSSR count). The Labute approximate surface area is 135 Å². The van der Waals surface area contributed by atoms with Gasteiger partial charge in [-0.15, -0.1) is 0 Å². The molecule has 2 aromatic carbocycles. The summed E-state index contributed by atoms with van der Waals surface area (Å²) in [6, 6.07) is 14.2. The molecular formula is C17H18N4S. The minimum atomic E-state index is 0.561. The predicted octanol–water partition coefficient (Wildman–Crippen LogP) is 3.67. The average Bonchev–Trinajstić information content (AvgIpc) is 2.92. The van der Waals surface area contributed by atoms with Crippen LogP contribution in [0.1, 0.15) is 17.0 Å². The Hall–Kier alpha value is -2.40. The Kier molecular flexibility index (Phi) is 4.06. The molecule has 0 saturated heterocycles. The topological polar surface area (TPSA) is 52.7 Å². The second kappa shape index (κ2) is 6.15. The van der Waals surface area contributed by atoms with Gasteiger partial charge in [0.05, 0.1) is 17.6 Å². The number of nitrogens with one attached hydrogen (secondary N) is 3. The van der Waals surface area contributed by atoms with Crippen molar-refractivity contribution in [2.45, 2.75) is 20.4 Å². The average molecular weight is 310 g/mol. The normalized spacial score (nSPS) is 10.6. The summed E-state index contributed by atoms with van der Waals surface area (Å²) in [5.74, 6) is 0.867. The van der Waals surface area contributed by atoms with Crippen molar-refractivity contribution in [3.8, 4) is 0 Å². The zero-order chi connectivity index (χ0) is 15.5. The standard InChI is InChI=1S/C17H18N4S/c1-11-7-8-12(2)15(9-11)21-17(22)18-10-16-19-13-5-3-4-6-14(13)20-16/h3-9H,10H2,1-2H3,(H,19,20)(H2,18,21,22). The zero-order valence-electron chi connectivity index (χ0n) is 12.6. The lowest BCUT2D eigenvalue weighted by Gasteiger charge is -2.12. The van der Waals surface area contributed by atoms with Crippen molar-refractivity contribution in [2.75, 3.05) is 5.32 Å². The number of H-pyrrole nitrogens is 1. The second-order valence-corrected chi connectivity index (χ2v) is 5.73. The summed E-state index contributed by atoms with van der Waals surface area (Å²) in [5.41, 5.74) is 5.40. The highest BCUT2D eigenvalue weighted by Gasteiger charge is 2.04. The van der Waals surface area contributed by atoms with Gasteiger partial charge in [0.25, 0.3) is 0 Å². The molecule has 3 aromatic rings. The summed E-state index contributed by atoms with van der Waals surface area (Å²) in [6.07, 6.45) is 0. The van der Waals surface area contributed by atoms with E-state index in [1.54, 1.807) is 0 Å². The molecule has 0 aliphatic rings. The highest BCUT2D eigenvalue weighted by atomic mass is 32.1. The zero-order valence-corrected chi connectivity index (χ0v) is 13.4. The highest BCUT2D eigenvalue weighted by Crippen LogP contribution is 2.16. The second-order valence-electron chi connectivity index (χ2n) is 5.33. The Bertz CT molecular complexity index is 789. The van der Waals surface area contributed by atoms with Crippen molar-refractivity contribution >= 4 is 34.1 Å². The monoisotopic (exact) mass is 310 g/mol. The molecule has 1 heterocycles. The molecule has 3 N–H and O–H groups in total. The summed E-state index contributed by atoms with van der Waals surface area (Å²) >= 11 is 5.35. The summed E-state index contributed by atoms with van der Waals surface area (Å²) in [4.78, 5) is 7.79. The highest BCUT2D eigenvalue weighted by molar-refractivity contribution is 7.80. The molecule has 0 unspecified atom stereocenters. The van der Waals surface area contributed by atoms with Crippen LogP contribution < -0.4 is 10.6 Å². The maximum absolute atomic E-state index is 5.35. The third kappa shape index (κ3) is 3.26. The fourth-order valence-electron chi connectivity index (χ4n) is 2.29. The van der Waals surface area contributed by atoms with Gasteiger partial charge in [-0.1, -0.05) is 24.3 Å². The number of benzene rings is 2. The van der Waals surface area contributed by atoms with Crippen LogP contribution >= 0.6 is 12.2 Å². The molecule has 5 heteroatoms. The molecule has 1 aromatic heterocycles. The van der Waals surface area contributed by atoms with E-state index in [0.29, 0.717) is 11.7 Å². The van der Waals surface area contributed by atoms with Gasteiger partial charge in [0.1, 0.15) is 5.82 Å². The summed E-state index contributed by atoms with van der Waals surface area (Å²) in [5, 5.41) is 7.01. The van der Waals surface area contributed by atoms with Crippen molar-refractivity contribution < 1.29 is 0 Å². The van der Waals surface area contributed by atoms with Crippen LogP contribution in [0, 0.1) is 13.8 Å². The first-order valence-corrected chi connectivity index (χ1v) is 7.58. The number of imidazole rings is 1. The van der Waals surface area contributed by atoms with Gasteiger partial charge in [0.2, 0.25) is 0 Å². The van der Waals surface area contributed by atoms with Gasteiger partial charge < -0.3 is 15.6 Å². The van der Waals surface area contributed by atoms with Gasteiger partial charge in [0.15, 0.2) is 5.11 Å². The predicted molar refractivity (Wildman–Crippen MR) is 95.1 cm³/mol. The molecule has 0 bridgehead atoms. The lowest BCUT2D eigenvalue weighted by molar-refractivity contribution is 0.859. The Morgan fingerprint density at radius 1 is 1.18 bits per heavy atom. The van der Waals surface area contributed by atoms with E-state index in [1.807, 2.05) is 24.3 Å². The molecule has 0 aliphatic carbocycles. The molecule has 22 heavy (non-hydrogen) atoms. The van der Waals surface area contributed by atoms with E-state index in [4.69, 9.17) is 12.2 Å². The number of aromatic nitrogens is 2. The van der Waals surface area contributed by atoms with Crippen LogP contribution in [0.3, 0.4) is 0 Å². The Morgan fingerprint density at radius 2 is 2.00 bits per heavy atom. The molecule has 4 nitrogen and oxygen atoms in total. The third-order valence-corrected chi connectivity index (χ3v) is 3.74. The Balaban J connectivity index is 1.63. The van der Waals surface area contributed by atoms with E-state index in [1.165, 1.54) is 11.1 Å². The number of anilines is 1. The number of nitrogens with zero attached hydrogens (tertiary/aromatic N) is 1. The van der Waals surface area contributed by atoms with Crippen molar-refractivity contribution in [1.82, 2.24) is 15.3 Å². The molecular weight excluding hydrogens is 292 g/mol. The number of hydrogen-bond donors (Lipinski definition) is 3. The maximum atomic E-state index is 5.35. The number of para-hydroxylation sites is 2. The van der Waals surface area contributed by atoms with Gasteiger partial charge in [-0.25, -0.2) is 4.98 Å². The summed E-state index contributed by atoms with van der Waals surface area (Å²) in [6.45, 7) is 4.69. The van der Waals surface area contributed by atoms with Crippen LogP contribution in [0.4, 0.5) is 5.69 Å². The van der Waals surface area contributed by atoms with E-state index >= 15 is 0 Å². The number of hydrogen-bond acceptors (Lipinski definition) is 2. The molecule has 112 valence electrons. The number of aryl methyl sites for hydroxylation is 2. The van der Waals surface area contributed by atoms with E-state index in [-0.39, 0.29) is 0 Å². The lowest BCUT2D eigenvalue weighted by Crippen LogP contribution is -2.28. The summed E-state index contributed by atoms with van der Waals surface area (Å²) < 4.78 is 0. The molecule has 0 fully saturated rings. The minimum absolute atomic E-state index is 0.561. The first-order valence-electron chi connectivity index (χ1n) is 7.17. The number of aromatic amines is 1. The van der Waals surface area contributed by atoms with Crippen LogP contribution in [-0.2, 0) is 6.54 Å². The van der Waals surface area contributed by atoms with Crippen LogP contribution in [0.15, 0.2) is 42.5 Å². The van der Waals surface area contributed by atoms with Crippen LogP contribution in [-0.4, -0.2) is 15.1 Å².